The molecule has 1 amide bonds. The Kier molecular flexibility index (Phi) is 8.34. The molecule has 0 aliphatic carbocycles. The van der Waals surface area contributed by atoms with Crippen LogP contribution in [-0.2, 0) is 44.7 Å². The highest BCUT2D eigenvalue weighted by Gasteiger charge is 2.51. The van der Waals surface area contributed by atoms with E-state index in [1.807, 2.05) is 30.3 Å². The first-order valence-electron chi connectivity index (χ1n) is 11.9. The van der Waals surface area contributed by atoms with E-state index < -0.39 is 48.4 Å². The SMILES string of the molecule is CC(=O)Nc1nc(O[14CH2]c2ccccc2)c2ncn([C@@H]3O[C@H](COC(C)=O)[C@@H](OC(C)=O)[C@H]3OC(C)=O)c2n1. The van der Waals surface area contributed by atoms with Gasteiger partial charge in [0.25, 0.3) is 0 Å². The highest BCUT2D eigenvalue weighted by Crippen LogP contribution is 2.37. The van der Waals surface area contributed by atoms with Gasteiger partial charge in [0, 0.05) is 27.7 Å². The van der Waals surface area contributed by atoms with Crippen molar-refractivity contribution in [1.29, 1.82) is 0 Å². The first-order valence-corrected chi connectivity index (χ1v) is 11.9. The summed E-state index contributed by atoms with van der Waals surface area (Å²) in [5, 5.41) is 2.53. The van der Waals surface area contributed by atoms with E-state index in [0.717, 1.165) is 5.56 Å². The summed E-state index contributed by atoms with van der Waals surface area (Å²) in [5.41, 5.74) is 1.28. The molecular formula is C25H27N5O9. The van der Waals surface area contributed by atoms with Gasteiger partial charge in [-0.15, -0.1) is 0 Å². The van der Waals surface area contributed by atoms with Crippen LogP contribution >= 0.6 is 0 Å². The van der Waals surface area contributed by atoms with Crippen molar-refractivity contribution in [3.8, 4) is 5.88 Å². The number of nitrogens with one attached hydrogen (secondary N) is 1. The van der Waals surface area contributed by atoms with Gasteiger partial charge in [-0.1, -0.05) is 30.3 Å². The minimum absolute atomic E-state index is 0.0603. The van der Waals surface area contributed by atoms with Crippen LogP contribution in [0, 0.1) is 0 Å². The maximum Gasteiger partial charge on any atom is 0.303 e. The summed E-state index contributed by atoms with van der Waals surface area (Å²) in [6.07, 6.45) is -2.98. The molecule has 0 bridgehead atoms. The van der Waals surface area contributed by atoms with Crippen molar-refractivity contribution in [3.63, 3.8) is 0 Å². The van der Waals surface area contributed by atoms with Crippen molar-refractivity contribution in [2.75, 3.05) is 11.9 Å². The smallest absolute Gasteiger partial charge is 0.303 e. The predicted octanol–water partition coefficient (Wildman–Crippen LogP) is 1.69. The average Bonchev–Trinajstić information content (AvgIpc) is 3.42. The van der Waals surface area contributed by atoms with Crippen molar-refractivity contribution in [2.24, 2.45) is 0 Å². The molecule has 39 heavy (non-hydrogen) atoms. The number of hydrogen-bond acceptors (Lipinski definition) is 12. The van der Waals surface area contributed by atoms with Crippen molar-refractivity contribution in [1.82, 2.24) is 19.5 Å². The Labute approximate surface area is 222 Å². The van der Waals surface area contributed by atoms with Crippen LogP contribution in [0.1, 0.15) is 39.5 Å². The summed E-state index contributed by atoms with van der Waals surface area (Å²) in [7, 11) is 0. The fourth-order valence-electron chi connectivity index (χ4n) is 4.03. The van der Waals surface area contributed by atoms with Crippen molar-refractivity contribution in [2.45, 2.75) is 58.8 Å². The molecule has 14 nitrogen and oxygen atoms in total. The number of carbonyl (C=O) groups excluding carboxylic acids is 4. The Balaban J connectivity index is 1.76. The second-order valence-electron chi connectivity index (χ2n) is 8.65. The van der Waals surface area contributed by atoms with Crippen LogP contribution in [0.3, 0.4) is 0 Å². The Morgan fingerprint density at radius 3 is 2.31 bits per heavy atom. The maximum atomic E-state index is 12.0. The lowest BCUT2D eigenvalue weighted by Gasteiger charge is -2.23. The number of aromatic nitrogens is 4. The van der Waals surface area contributed by atoms with Gasteiger partial charge in [0.1, 0.15) is 19.3 Å². The molecule has 2 aromatic heterocycles. The zero-order valence-corrected chi connectivity index (χ0v) is 21.7. The summed E-state index contributed by atoms with van der Waals surface area (Å²) < 4.78 is 29.5. The molecule has 0 radical (unpaired) electrons. The second kappa shape index (κ2) is 11.9. The molecule has 0 spiro atoms. The molecule has 1 fully saturated rings. The van der Waals surface area contributed by atoms with E-state index in [-0.39, 0.29) is 36.2 Å². The summed E-state index contributed by atoms with van der Waals surface area (Å²) in [4.78, 5) is 60.2. The van der Waals surface area contributed by atoms with E-state index in [4.69, 9.17) is 23.7 Å². The number of anilines is 1. The van der Waals surface area contributed by atoms with Crippen LogP contribution in [0.15, 0.2) is 36.7 Å². The molecule has 206 valence electrons. The van der Waals surface area contributed by atoms with E-state index >= 15 is 0 Å². The minimum Gasteiger partial charge on any atom is -0.471 e. The second-order valence-corrected chi connectivity index (χ2v) is 8.65. The van der Waals surface area contributed by atoms with Gasteiger partial charge in [-0.3, -0.25) is 29.1 Å². The molecule has 1 N–H and O–H groups in total. The first-order chi connectivity index (χ1) is 18.6. The third-order valence-corrected chi connectivity index (χ3v) is 5.51. The topological polar surface area (TPSA) is 170 Å². The number of carbonyl (C=O) groups is 4. The highest BCUT2D eigenvalue weighted by molar-refractivity contribution is 5.88. The number of benzene rings is 1. The number of amides is 1. The van der Waals surface area contributed by atoms with Crippen LogP contribution in [0.5, 0.6) is 5.88 Å². The van der Waals surface area contributed by atoms with Crippen molar-refractivity contribution >= 4 is 40.9 Å². The quantitative estimate of drug-likeness (QED) is 0.306. The van der Waals surface area contributed by atoms with Gasteiger partial charge >= 0.3 is 17.9 Å². The number of ether oxygens (including phenoxy) is 5. The van der Waals surface area contributed by atoms with Gasteiger partial charge in [0.15, 0.2) is 29.6 Å². The van der Waals surface area contributed by atoms with Gasteiger partial charge in [0.05, 0.1) is 6.33 Å². The lowest BCUT2D eigenvalue weighted by atomic mass is 10.1. The lowest BCUT2D eigenvalue weighted by Crippen LogP contribution is -2.40. The standard InChI is InChI=1S/C25H27N5O9/c1-13(31)27-25-28-22-19(23(29-25)36-10-17-8-6-5-7-9-17)26-12-30(22)24-21(38-16(4)34)20(37-15(3)33)18(39-24)11-35-14(2)32/h5-9,12,18,20-21,24H,10-11H2,1-4H3,(H,27,28,29,31)/t18-,20-,21-,24-/m1/s1/i10+2. The number of rotatable bonds is 9. The molecule has 1 aliphatic heterocycles. The fraction of sp³-hybridized carbons (Fsp3) is 0.400. The van der Waals surface area contributed by atoms with Crippen molar-refractivity contribution in [3.05, 3.63) is 42.2 Å². The molecule has 0 saturated carbocycles. The monoisotopic (exact) mass is 543 g/mol. The predicted molar refractivity (Wildman–Crippen MR) is 132 cm³/mol. The number of hydrogen-bond donors (Lipinski definition) is 1. The fourth-order valence-corrected chi connectivity index (χ4v) is 4.03. The minimum atomic E-state index is -1.16. The molecule has 1 aliphatic rings. The van der Waals surface area contributed by atoms with Gasteiger partial charge in [0.2, 0.25) is 17.7 Å². The molecule has 1 saturated heterocycles. The normalized spacial score (nSPS) is 20.3. The average molecular weight is 544 g/mol. The van der Waals surface area contributed by atoms with E-state index in [0.29, 0.717) is 0 Å². The third-order valence-electron chi connectivity index (χ3n) is 5.51. The molecule has 3 aromatic rings. The summed E-state index contributed by atoms with van der Waals surface area (Å²) in [5.74, 6) is -2.29. The first kappa shape index (κ1) is 27.4. The largest absolute Gasteiger partial charge is 0.471 e. The Morgan fingerprint density at radius 2 is 1.67 bits per heavy atom. The number of nitrogens with zero attached hydrogens (tertiary/aromatic N) is 4. The van der Waals surface area contributed by atoms with Crippen LogP contribution in [0.4, 0.5) is 5.95 Å². The maximum absolute atomic E-state index is 12.0. The summed E-state index contributed by atoms with van der Waals surface area (Å²) in [6, 6.07) is 9.36. The van der Waals surface area contributed by atoms with Crippen LogP contribution in [0.2, 0.25) is 0 Å². The molecule has 1 aromatic carbocycles. The molecule has 4 atom stereocenters. The summed E-state index contributed by atoms with van der Waals surface area (Å²) >= 11 is 0. The Hall–Kier alpha value is -4.59. The molecule has 14 heteroatoms. The van der Waals surface area contributed by atoms with E-state index in [1.165, 1.54) is 38.6 Å². The van der Waals surface area contributed by atoms with E-state index in [1.54, 1.807) is 0 Å². The molecule has 0 unspecified atom stereocenters. The summed E-state index contributed by atoms with van der Waals surface area (Å²) in [6.45, 7) is 4.80. The van der Waals surface area contributed by atoms with Gasteiger partial charge < -0.3 is 23.7 Å². The van der Waals surface area contributed by atoms with E-state index in [9.17, 15) is 19.2 Å². The number of fused-ring (bicyclic) bond motifs is 1. The zero-order chi connectivity index (χ0) is 28.1. The van der Waals surface area contributed by atoms with Crippen LogP contribution in [-0.4, -0.2) is 68.3 Å². The number of imidazole rings is 1. The van der Waals surface area contributed by atoms with Gasteiger partial charge in [-0.2, -0.15) is 9.97 Å². The number of esters is 3. The molecular weight excluding hydrogens is 516 g/mol. The lowest BCUT2D eigenvalue weighted by molar-refractivity contribution is -0.166. The van der Waals surface area contributed by atoms with Crippen LogP contribution in [0.25, 0.3) is 11.2 Å². The Bertz CT molecular complexity index is 1380. The van der Waals surface area contributed by atoms with Gasteiger partial charge in [-0.25, -0.2) is 4.98 Å². The highest BCUT2D eigenvalue weighted by atomic mass is 16.7. The zero-order valence-electron chi connectivity index (χ0n) is 21.7. The Morgan fingerprint density at radius 1 is 0.974 bits per heavy atom. The van der Waals surface area contributed by atoms with E-state index in [2.05, 4.69) is 20.3 Å². The molecule has 3 heterocycles. The van der Waals surface area contributed by atoms with Crippen molar-refractivity contribution < 1.29 is 42.9 Å². The van der Waals surface area contributed by atoms with Gasteiger partial charge in [-0.05, 0) is 5.56 Å². The van der Waals surface area contributed by atoms with Crippen LogP contribution < -0.4 is 10.1 Å². The third kappa shape index (κ3) is 6.65. The molecule has 4 rings (SSSR count).